The van der Waals surface area contributed by atoms with E-state index in [0.29, 0.717) is 24.6 Å². The summed E-state index contributed by atoms with van der Waals surface area (Å²) < 4.78 is 10.9. The number of nitrogens with two attached hydrogens (primary N) is 1. The van der Waals surface area contributed by atoms with Gasteiger partial charge in [-0.2, -0.15) is 0 Å². The minimum atomic E-state index is -0.596. The van der Waals surface area contributed by atoms with Crippen molar-refractivity contribution in [3.05, 3.63) is 24.3 Å². The van der Waals surface area contributed by atoms with E-state index in [1.807, 2.05) is 18.2 Å². The van der Waals surface area contributed by atoms with Crippen molar-refractivity contribution in [2.24, 2.45) is 5.73 Å². The summed E-state index contributed by atoms with van der Waals surface area (Å²) in [5.41, 5.74) is 5.30. The highest BCUT2D eigenvalue weighted by Gasteiger charge is 2.26. The molecule has 0 fully saturated rings. The van der Waals surface area contributed by atoms with Crippen LogP contribution in [0.5, 0.6) is 11.5 Å². The number of hydrogen-bond donors (Lipinski definition) is 2. The molecule has 94 valence electrons. The fourth-order valence-electron chi connectivity index (χ4n) is 1.46. The lowest BCUT2D eigenvalue weighted by molar-refractivity contribution is -0.130. The van der Waals surface area contributed by atoms with E-state index in [2.05, 4.69) is 5.32 Å². The number of para-hydroxylation sites is 2. The lowest BCUT2D eigenvalue weighted by Gasteiger charge is -2.25. The normalized spacial score (nSPS) is 16.9. The third-order valence-corrected chi connectivity index (χ3v) is 2.24. The number of ether oxygens (including phenoxy) is 2. The Hall–Kier alpha value is -1.46. The predicted octanol–water partition coefficient (Wildman–Crippen LogP) is 0.323. The number of carbonyl (C=O) groups excluding carboxylic acids is 1. The Morgan fingerprint density at radius 1 is 1.41 bits per heavy atom. The van der Waals surface area contributed by atoms with Gasteiger partial charge < -0.3 is 20.5 Å². The standard InChI is InChI=1S/C11H14N2O3.ClH/c12-5-6-13-11(14)10-7-15-8-3-1-2-4-9(8)16-10;/h1-4,10H,5-7,12H2,(H,13,14);1H. The van der Waals surface area contributed by atoms with Gasteiger partial charge >= 0.3 is 0 Å². The fourth-order valence-corrected chi connectivity index (χ4v) is 1.46. The first kappa shape index (κ1) is 13.6. The lowest BCUT2D eigenvalue weighted by Crippen LogP contribution is -2.45. The van der Waals surface area contributed by atoms with E-state index in [0.717, 1.165) is 0 Å². The number of amides is 1. The minimum Gasteiger partial charge on any atom is -0.485 e. The Bertz CT molecular complexity index is 387. The predicted molar refractivity (Wildman–Crippen MR) is 65.7 cm³/mol. The molecule has 5 nitrogen and oxygen atoms in total. The zero-order chi connectivity index (χ0) is 11.4. The van der Waals surface area contributed by atoms with E-state index in [9.17, 15) is 4.79 Å². The Kier molecular flexibility index (Phi) is 5.06. The Morgan fingerprint density at radius 2 is 2.12 bits per heavy atom. The van der Waals surface area contributed by atoms with Gasteiger partial charge in [0.05, 0.1) is 0 Å². The van der Waals surface area contributed by atoms with Crippen molar-refractivity contribution >= 4 is 18.3 Å². The summed E-state index contributed by atoms with van der Waals surface area (Å²) in [6.45, 7) is 1.09. The summed E-state index contributed by atoms with van der Waals surface area (Å²) >= 11 is 0. The highest BCUT2D eigenvalue weighted by molar-refractivity contribution is 5.85. The molecule has 2 rings (SSSR count). The second-order valence-electron chi connectivity index (χ2n) is 3.44. The van der Waals surface area contributed by atoms with E-state index in [1.165, 1.54) is 0 Å². The maximum atomic E-state index is 11.6. The Morgan fingerprint density at radius 3 is 2.82 bits per heavy atom. The first-order chi connectivity index (χ1) is 7.81. The summed E-state index contributed by atoms with van der Waals surface area (Å²) in [7, 11) is 0. The molecule has 0 bridgehead atoms. The van der Waals surface area contributed by atoms with Gasteiger partial charge in [0.2, 0.25) is 6.10 Å². The van der Waals surface area contributed by atoms with Crippen LogP contribution >= 0.6 is 12.4 Å². The zero-order valence-corrected chi connectivity index (χ0v) is 10.0. The molecule has 0 saturated carbocycles. The van der Waals surface area contributed by atoms with Gasteiger partial charge in [-0.25, -0.2) is 0 Å². The smallest absolute Gasteiger partial charge is 0.264 e. The van der Waals surface area contributed by atoms with Gasteiger partial charge in [-0.05, 0) is 12.1 Å². The number of rotatable bonds is 3. The van der Waals surface area contributed by atoms with Gasteiger partial charge in [-0.3, -0.25) is 4.79 Å². The minimum absolute atomic E-state index is 0. The number of benzene rings is 1. The molecule has 1 aromatic carbocycles. The van der Waals surface area contributed by atoms with E-state index >= 15 is 0 Å². The largest absolute Gasteiger partial charge is 0.485 e. The molecule has 1 atom stereocenters. The number of hydrogen-bond acceptors (Lipinski definition) is 4. The molecule has 6 heteroatoms. The summed E-state index contributed by atoms with van der Waals surface area (Å²) in [5.74, 6) is 1.08. The number of fused-ring (bicyclic) bond motifs is 1. The molecule has 1 aliphatic heterocycles. The number of nitrogens with one attached hydrogen (secondary N) is 1. The van der Waals surface area contributed by atoms with Crippen LogP contribution in [0.25, 0.3) is 0 Å². The third kappa shape index (κ3) is 3.25. The average molecular weight is 259 g/mol. The van der Waals surface area contributed by atoms with Crippen LogP contribution in [0.15, 0.2) is 24.3 Å². The van der Waals surface area contributed by atoms with E-state index in [4.69, 9.17) is 15.2 Å². The molecular formula is C11H15ClN2O3. The van der Waals surface area contributed by atoms with Crippen LogP contribution in [0.2, 0.25) is 0 Å². The van der Waals surface area contributed by atoms with Gasteiger partial charge in [0, 0.05) is 13.1 Å². The second kappa shape index (κ2) is 6.32. The van der Waals surface area contributed by atoms with E-state index < -0.39 is 6.10 Å². The van der Waals surface area contributed by atoms with Crippen molar-refractivity contribution < 1.29 is 14.3 Å². The molecular weight excluding hydrogens is 244 g/mol. The summed E-state index contributed by atoms with van der Waals surface area (Å²) in [5, 5.41) is 2.66. The van der Waals surface area contributed by atoms with Crippen molar-refractivity contribution in [2.45, 2.75) is 6.10 Å². The average Bonchev–Trinajstić information content (AvgIpc) is 2.35. The second-order valence-corrected chi connectivity index (χ2v) is 3.44. The molecule has 0 radical (unpaired) electrons. The van der Waals surface area contributed by atoms with Gasteiger partial charge in [-0.1, -0.05) is 12.1 Å². The molecule has 1 unspecified atom stereocenters. The van der Waals surface area contributed by atoms with Gasteiger partial charge in [-0.15, -0.1) is 12.4 Å². The number of carbonyl (C=O) groups is 1. The highest BCUT2D eigenvalue weighted by Crippen LogP contribution is 2.30. The van der Waals surface area contributed by atoms with Crippen molar-refractivity contribution in [1.29, 1.82) is 0 Å². The van der Waals surface area contributed by atoms with Crippen LogP contribution in [-0.2, 0) is 4.79 Å². The SMILES string of the molecule is Cl.NCCNC(=O)C1COc2ccccc2O1. The monoisotopic (exact) mass is 258 g/mol. The lowest BCUT2D eigenvalue weighted by atomic mass is 10.2. The molecule has 0 saturated heterocycles. The molecule has 0 aliphatic carbocycles. The molecule has 1 aromatic rings. The van der Waals surface area contributed by atoms with Crippen LogP contribution < -0.4 is 20.5 Å². The van der Waals surface area contributed by atoms with Crippen molar-refractivity contribution in [3.8, 4) is 11.5 Å². The summed E-state index contributed by atoms with van der Waals surface area (Å²) in [6.07, 6.45) is -0.596. The van der Waals surface area contributed by atoms with E-state index in [-0.39, 0.29) is 24.9 Å². The Balaban J connectivity index is 0.00000144. The molecule has 3 N–H and O–H groups in total. The van der Waals surface area contributed by atoms with Crippen LogP contribution in [0.3, 0.4) is 0 Å². The Labute approximate surface area is 106 Å². The topological polar surface area (TPSA) is 73.6 Å². The third-order valence-electron chi connectivity index (χ3n) is 2.24. The first-order valence-corrected chi connectivity index (χ1v) is 5.17. The maximum Gasteiger partial charge on any atom is 0.264 e. The molecule has 1 heterocycles. The van der Waals surface area contributed by atoms with Crippen LogP contribution in [0.4, 0.5) is 0 Å². The van der Waals surface area contributed by atoms with Gasteiger partial charge in [0.1, 0.15) is 6.61 Å². The zero-order valence-electron chi connectivity index (χ0n) is 9.22. The molecule has 0 spiro atoms. The maximum absolute atomic E-state index is 11.6. The van der Waals surface area contributed by atoms with Crippen LogP contribution in [0.1, 0.15) is 0 Å². The van der Waals surface area contributed by atoms with E-state index in [1.54, 1.807) is 6.07 Å². The fraction of sp³-hybridized carbons (Fsp3) is 0.364. The van der Waals surface area contributed by atoms with Gasteiger partial charge in [0.15, 0.2) is 11.5 Å². The highest BCUT2D eigenvalue weighted by atomic mass is 35.5. The summed E-state index contributed by atoms with van der Waals surface area (Å²) in [4.78, 5) is 11.6. The summed E-state index contributed by atoms with van der Waals surface area (Å²) in [6, 6.07) is 7.28. The van der Waals surface area contributed by atoms with Crippen molar-refractivity contribution in [1.82, 2.24) is 5.32 Å². The molecule has 1 amide bonds. The quantitative estimate of drug-likeness (QED) is 0.819. The molecule has 1 aliphatic rings. The van der Waals surface area contributed by atoms with Crippen molar-refractivity contribution in [2.75, 3.05) is 19.7 Å². The van der Waals surface area contributed by atoms with Crippen LogP contribution in [-0.4, -0.2) is 31.7 Å². The molecule has 0 aromatic heterocycles. The van der Waals surface area contributed by atoms with Crippen molar-refractivity contribution in [3.63, 3.8) is 0 Å². The van der Waals surface area contributed by atoms with Gasteiger partial charge in [0.25, 0.3) is 5.91 Å². The molecule has 17 heavy (non-hydrogen) atoms. The first-order valence-electron chi connectivity index (χ1n) is 5.17. The number of halogens is 1. The van der Waals surface area contributed by atoms with Crippen LogP contribution in [0, 0.1) is 0 Å².